The van der Waals surface area contributed by atoms with Crippen molar-refractivity contribution in [1.82, 2.24) is 4.90 Å². The van der Waals surface area contributed by atoms with Crippen LogP contribution in [0.4, 0.5) is 5.69 Å². The van der Waals surface area contributed by atoms with Crippen LogP contribution in [0.1, 0.15) is 25.3 Å². The fourth-order valence-corrected chi connectivity index (χ4v) is 2.33. The lowest BCUT2D eigenvalue weighted by molar-refractivity contribution is -0.130. The topological polar surface area (TPSA) is 64.4 Å². The fourth-order valence-electron chi connectivity index (χ4n) is 2.33. The van der Waals surface area contributed by atoms with Gasteiger partial charge in [-0.3, -0.25) is 9.59 Å². The summed E-state index contributed by atoms with van der Waals surface area (Å²) < 4.78 is 0. The number of carbonyl (C=O) groups excluding carboxylic acids is 2. The molecule has 1 aliphatic heterocycles. The molecule has 0 unspecified atom stereocenters. The third-order valence-corrected chi connectivity index (χ3v) is 3.42. The van der Waals surface area contributed by atoms with Gasteiger partial charge in [0.1, 0.15) is 6.54 Å². The van der Waals surface area contributed by atoms with E-state index in [1.165, 1.54) is 11.8 Å². The van der Waals surface area contributed by atoms with E-state index in [0.717, 1.165) is 25.9 Å². The minimum absolute atomic E-state index is 0.0320. The molecule has 0 aliphatic carbocycles. The number of benzene rings is 1. The van der Waals surface area contributed by atoms with E-state index in [1.807, 2.05) is 6.07 Å². The van der Waals surface area contributed by atoms with Crippen LogP contribution >= 0.6 is 0 Å². The average Bonchev–Trinajstić information content (AvgIpc) is 2.98. The van der Waals surface area contributed by atoms with E-state index in [2.05, 4.69) is 0 Å². The number of likely N-dealkylation sites (tertiary alicyclic amines) is 1. The first-order chi connectivity index (χ1) is 9.61. The van der Waals surface area contributed by atoms with Crippen LogP contribution in [0.2, 0.25) is 0 Å². The molecule has 0 saturated carbocycles. The Balaban J connectivity index is 2.16. The van der Waals surface area contributed by atoms with E-state index < -0.39 is 0 Å². The lowest BCUT2D eigenvalue weighted by atomic mass is 10.2. The Kier molecular flexibility index (Phi) is 4.36. The van der Waals surface area contributed by atoms with Gasteiger partial charge in [0.15, 0.2) is 0 Å². The molecule has 1 aliphatic rings. The van der Waals surface area contributed by atoms with Crippen LogP contribution in [0.25, 0.3) is 0 Å². The second-order valence-electron chi connectivity index (χ2n) is 4.86. The molecule has 0 atom stereocenters. The summed E-state index contributed by atoms with van der Waals surface area (Å²) in [6.45, 7) is 2.99. The number of nitriles is 1. The number of rotatable bonds is 3. The van der Waals surface area contributed by atoms with Gasteiger partial charge in [-0.15, -0.1) is 0 Å². The molecule has 1 fully saturated rings. The maximum atomic E-state index is 12.2. The number of hydrogen-bond acceptors (Lipinski definition) is 3. The molecule has 5 heteroatoms. The Morgan fingerprint density at radius 2 is 2.05 bits per heavy atom. The minimum atomic E-state index is -0.201. The smallest absolute Gasteiger partial charge is 0.242 e. The van der Waals surface area contributed by atoms with E-state index >= 15 is 0 Å². The van der Waals surface area contributed by atoms with E-state index in [4.69, 9.17) is 5.26 Å². The molecule has 0 bridgehead atoms. The molecule has 0 radical (unpaired) electrons. The SMILES string of the molecule is CC(=O)N(CC(=O)N1CCCC1)c1cccc(C#N)c1. The van der Waals surface area contributed by atoms with Gasteiger partial charge in [0.05, 0.1) is 11.6 Å². The molecule has 1 aromatic rings. The van der Waals surface area contributed by atoms with Crippen molar-refractivity contribution in [2.45, 2.75) is 19.8 Å². The molecule has 0 aromatic heterocycles. The van der Waals surface area contributed by atoms with Gasteiger partial charge in [-0.2, -0.15) is 5.26 Å². The molecule has 0 N–H and O–H groups in total. The van der Waals surface area contributed by atoms with Crippen molar-refractivity contribution in [3.63, 3.8) is 0 Å². The molecule has 1 saturated heterocycles. The van der Waals surface area contributed by atoms with Crippen molar-refractivity contribution < 1.29 is 9.59 Å². The maximum Gasteiger partial charge on any atom is 0.242 e. The van der Waals surface area contributed by atoms with Gasteiger partial charge in [0.2, 0.25) is 11.8 Å². The summed E-state index contributed by atoms with van der Waals surface area (Å²) in [5.74, 6) is -0.243. The quantitative estimate of drug-likeness (QED) is 0.837. The Morgan fingerprint density at radius 3 is 2.65 bits per heavy atom. The Morgan fingerprint density at radius 1 is 1.35 bits per heavy atom. The maximum absolute atomic E-state index is 12.2. The number of hydrogen-bond donors (Lipinski definition) is 0. The summed E-state index contributed by atoms with van der Waals surface area (Å²) >= 11 is 0. The Hall–Kier alpha value is -2.35. The third kappa shape index (κ3) is 3.15. The zero-order valence-corrected chi connectivity index (χ0v) is 11.5. The zero-order valence-electron chi connectivity index (χ0n) is 11.5. The third-order valence-electron chi connectivity index (χ3n) is 3.42. The standard InChI is InChI=1S/C15H17N3O2/c1-12(19)18(11-15(20)17-7-2-3-8-17)14-6-4-5-13(9-14)10-16/h4-6,9H,2-3,7-8,11H2,1H3. The molecule has 0 spiro atoms. The van der Waals surface area contributed by atoms with Crippen LogP contribution in [0.5, 0.6) is 0 Å². The van der Waals surface area contributed by atoms with Gasteiger partial charge >= 0.3 is 0 Å². The monoisotopic (exact) mass is 271 g/mol. The number of carbonyl (C=O) groups is 2. The number of anilines is 1. The Labute approximate surface area is 118 Å². The molecule has 104 valence electrons. The molecule has 1 aromatic carbocycles. The Bertz CT molecular complexity index is 556. The van der Waals surface area contributed by atoms with E-state index in [0.29, 0.717) is 11.3 Å². The second kappa shape index (κ2) is 6.20. The summed E-state index contributed by atoms with van der Waals surface area (Å²) in [4.78, 5) is 27.1. The lowest BCUT2D eigenvalue weighted by Gasteiger charge is -2.24. The summed E-state index contributed by atoms with van der Waals surface area (Å²) in [5, 5.41) is 8.91. The van der Waals surface area contributed by atoms with Gasteiger partial charge < -0.3 is 9.80 Å². The lowest BCUT2D eigenvalue weighted by Crippen LogP contribution is -2.41. The summed E-state index contributed by atoms with van der Waals surface area (Å²) in [7, 11) is 0. The van der Waals surface area contributed by atoms with Gasteiger partial charge in [-0.1, -0.05) is 6.07 Å². The van der Waals surface area contributed by atoms with Crippen molar-refractivity contribution in [3.05, 3.63) is 29.8 Å². The largest absolute Gasteiger partial charge is 0.341 e. The molecule has 2 rings (SSSR count). The predicted molar refractivity (Wildman–Crippen MR) is 75.0 cm³/mol. The highest BCUT2D eigenvalue weighted by Crippen LogP contribution is 2.17. The van der Waals surface area contributed by atoms with Crippen LogP contribution in [-0.2, 0) is 9.59 Å². The van der Waals surface area contributed by atoms with Crippen LogP contribution < -0.4 is 4.90 Å². The van der Waals surface area contributed by atoms with E-state index in [9.17, 15) is 9.59 Å². The number of amides is 2. The zero-order chi connectivity index (χ0) is 14.5. The molecular weight excluding hydrogens is 254 g/mol. The molecule has 1 heterocycles. The van der Waals surface area contributed by atoms with Crippen molar-refractivity contribution in [1.29, 1.82) is 5.26 Å². The predicted octanol–water partition coefficient (Wildman–Crippen LogP) is 1.53. The van der Waals surface area contributed by atoms with E-state index in [-0.39, 0.29) is 18.4 Å². The highest BCUT2D eigenvalue weighted by molar-refractivity contribution is 5.97. The van der Waals surface area contributed by atoms with E-state index in [1.54, 1.807) is 29.2 Å². The van der Waals surface area contributed by atoms with Gasteiger partial charge in [-0.05, 0) is 31.0 Å². The molecule has 2 amide bonds. The molecule has 20 heavy (non-hydrogen) atoms. The first kappa shape index (κ1) is 14.1. The first-order valence-corrected chi connectivity index (χ1v) is 6.68. The summed E-state index contributed by atoms with van der Waals surface area (Å²) in [6.07, 6.45) is 2.05. The summed E-state index contributed by atoms with van der Waals surface area (Å²) in [5.41, 5.74) is 1.06. The van der Waals surface area contributed by atoms with Gasteiger partial charge in [0, 0.05) is 25.7 Å². The minimum Gasteiger partial charge on any atom is -0.341 e. The van der Waals surface area contributed by atoms with Crippen LogP contribution in [-0.4, -0.2) is 36.3 Å². The van der Waals surface area contributed by atoms with Gasteiger partial charge in [0.25, 0.3) is 0 Å². The molecular formula is C15H17N3O2. The fraction of sp³-hybridized carbons (Fsp3) is 0.400. The van der Waals surface area contributed by atoms with Crippen molar-refractivity contribution in [2.24, 2.45) is 0 Å². The van der Waals surface area contributed by atoms with Crippen molar-refractivity contribution in [2.75, 3.05) is 24.5 Å². The molecule has 5 nitrogen and oxygen atoms in total. The normalized spacial score (nSPS) is 13.9. The van der Waals surface area contributed by atoms with Crippen LogP contribution in [0.3, 0.4) is 0 Å². The van der Waals surface area contributed by atoms with Crippen LogP contribution in [0.15, 0.2) is 24.3 Å². The first-order valence-electron chi connectivity index (χ1n) is 6.68. The number of nitrogens with zero attached hydrogens (tertiary/aromatic N) is 3. The second-order valence-corrected chi connectivity index (χ2v) is 4.86. The van der Waals surface area contributed by atoms with Gasteiger partial charge in [-0.25, -0.2) is 0 Å². The highest BCUT2D eigenvalue weighted by Gasteiger charge is 2.22. The van der Waals surface area contributed by atoms with Crippen molar-refractivity contribution in [3.8, 4) is 6.07 Å². The average molecular weight is 271 g/mol. The van der Waals surface area contributed by atoms with Crippen LogP contribution in [0, 0.1) is 11.3 Å². The highest BCUT2D eigenvalue weighted by atomic mass is 16.2. The summed E-state index contributed by atoms with van der Waals surface area (Å²) in [6, 6.07) is 8.78. The van der Waals surface area contributed by atoms with Crippen molar-refractivity contribution >= 4 is 17.5 Å².